The summed E-state index contributed by atoms with van der Waals surface area (Å²) in [6.07, 6.45) is 0. The van der Waals surface area contributed by atoms with Crippen molar-refractivity contribution in [1.29, 1.82) is 0 Å². The molecule has 0 spiro atoms. The van der Waals surface area contributed by atoms with Crippen LogP contribution in [-0.2, 0) is 6.54 Å². The quantitative estimate of drug-likeness (QED) is 0.834. The molecule has 0 aliphatic rings. The normalized spacial score (nSPS) is 10.5. The molecule has 2 N–H and O–H groups in total. The molecule has 2 aromatic heterocycles. The summed E-state index contributed by atoms with van der Waals surface area (Å²) in [5.74, 6) is 1.07. The molecule has 0 aliphatic heterocycles. The molecular formula is C10H10Br2N4S. The minimum Gasteiger partial charge on any atom is -0.383 e. The van der Waals surface area contributed by atoms with Crippen molar-refractivity contribution in [3.8, 4) is 0 Å². The monoisotopic (exact) mass is 376 g/mol. The van der Waals surface area contributed by atoms with Crippen molar-refractivity contribution in [1.82, 2.24) is 9.97 Å². The molecule has 0 unspecified atom stereocenters. The number of nitrogens with zero attached hydrogens (tertiary/aromatic N) is 3. The number of halogens is 2. The third-order valence-corrected chi connectivity index (χ3v) is 4.05. The van der Waals surface area contributed by atoms with Gasteiger partial charge in [0.25, 0.3) is 0 Å². The number of anilines is 2. The van der Waals surface area contributed by atoms with Gasteiger partial charge < -0.3 is 10.6 Å². The molecule has 0 atom stereocenters. The molecule has 0 saturated carbocycles. The lowest BCUT2D eigenvalue weighted by Crippen LogP contribution is -2.19. The average molecular weight is 378 g/mol. The molecule has 0 fully saturated rings. The van der Waals surface area contributed by atoms with Crippen LogP contribution >= 0.6 is 43.2 Å². The van der Waals surface area contributed by atoms with Gasteiger partial charge in [0.05, 0.1) is 3.79 Å². The van der Waals surface area contributed by atoms with E-state index < -0.39 is 0 Å². The number of rotatable bonds is 3. The van der Waals surface area contributed by atoms with E-state index in [-0.39, 0.29) is 0 Å². The fourth-order valence-corrected chi connectivity index (χ4v) is 2.96. The Kier molecular flexibility index (Phi) is 4.01. The second kappa shape index (κ2) is 5.32. The molecule has 7 heteroatoms. The number of hydrogen-bond donors (Lipinski definition) is 1. The molecule has 0 saturated heterocycles. The first-order valence-corrected chi connectivity index (χ1v) is 7.25. The second-order valence-electron chi connectivity index (χ2n) is 3.53. The van der Waals surface area contributed by atoms with Crippen LogP contribution in [0.25, 0.3) is 0 Å². The van der Waals surface area contributed by atoms with Crippen molar-refractivity contribution in [2.45, 2.75) is 6.54 Å². The van der Waals surface area contributed by atoms with E-state index in [0.717, 1.165) is 10.3 Å². The zero-order chi connectivity index (χ0) is 12.4. The van der Waals surface area contributed by atoms with E-state index in [1.807, 2.05) is 11.9 Å². The van der Waals surface area contributed by atoms with E-state index in [0.29, 0.717) is 16.4 Å². The number of nitrogen functional groups attached to an aromatic ring is 1. The Labute approximate surface area is 120 Å². The Morgan fingerprint density at radius 2 is 2.12 bits per heavy atom. The fourth-order valence-electron chi connectivity index (χ4n) is 1.37. The summed E-state index contributed by atoms with van der Waals surface area (Å²) in [7, 11) is 1.94. The van der Waals surface area contributed by atoms with E-state index in [2.05, 4.69) is 53.3 Å². The van der Waals surface area contributed by atoms with Crippen molar-refractivity contribution < 1.29 is 0 Å². The first-order valence-electron chi connectivity index (χ1n) is 4.78. The Balaban J connectivity index is 2.16. The van der Waals surface area contributed by atoms with Crippen LogP contribution in [0.15, 0.2) is 25.9 Å². The van der Waals surface area contributed by atoms with Gasteiger partial charge in [-0.2, -0.15) is 4.98 Å². The Hall–Kier alpha value is -0.660. The van der Waals surface area contributed by atoms with Crippen molar-refractivity contribution in [2.24, 2.45) is 0 Å². The maximum atomic E-state index is 5.68. The van der Waals surface area contributed by atoms with Crippen LogP contribution in [0.3, 0.4) is 0 Å². The zero-order valence-electron chi connectivity index (χ0n) is 9.02. The van der Waals surface area contributed by atoms with E-state index >= 15 is 0 Å². The van der Waals surface area contributed by atoms with Gasteiger partial charge in [-0.05, 0) is 48.9 Å². The molecule has 0 radical (unpaired) electrons. The fraction of sp³-hybridized carbons (Fsp3) is 0.200. The molecule has 2 aromatic rings. The van der Waals surface area contributed by atoms with Gasteiger partial charge in [0.15, 0.2) is 0 Å². The molecule has 0 amide bonds. The summed E-state index contributed by atoms with van der Waals surface area (Å²) < 4.78 is 1.81. The van der Waals surface area contributed by atoms with Crippen LogP contribution in [0.4, 0.5) is 11.8 Å². The number of thiophene rings is 1. The van der Waals surface area contributed by atoms with Crippen LogP contribution in [0.5, 0.6) is 0 Å². The zero-order valence-corrected chi connectivity index (χ0v) is 13.0. The van der Waals surface area contributed by atoms with E-state index in [9.17, 15) is 0 Å². The maximum absolute atomic E-state index is 5.68. The lowest BCUT2D eigenvalue weighted by atomic mass is 10.3. The summed E-state index contributed by atoms with van der Waals surface area (Å²) >= 11 is 8.41. The lowest BCUT2D eigenvalue weighted by molar-refractivity contribution is 0.867. The second-order valence-corrected chi connectivity index (χ2v) is 6.63. The van der Waals surface area contributed by atoms with Gasteiger partial charge in [-0.15, -0.1) is 11.3 Å². The predicted molar refractivity (Wildman–Crippen MR) is 78.3 cm³/mol. The first-order chi connectivity index (χ1) is 8.04. The number of nitrogens with two attached hydrogens (primary N) is 1. The number of hydrogen-bond acceptors (Lipinski definition) is 5. The maximum Gasteiger partial charge on any atom is 0.228 e. The molecule has 2 rings (SSSR count). The van der Waals surface area contributed by atoms with Crippen molar-refractivity contribution in [3.05, 3.63) is 31.5 Å². The summed E-state index contributed by atoms with van der Waals surface area (Å²) in [6.45, 7) is 0.748. The molecule has 17 heavy (non-hydrogen) atoms. The first kappa shape index (κ1) is 12.8. The lowest BCUT2D eigenvalue weighted by Gasteiger charge is -2.16. The van der Waals surface area contributed by atoms with Crippen LogP contribution in [0.1, 0.15) is 5.56 Å². The largest absolute Gasteiger partial charge is 0.383 e. The summed E-state index contributed by atoms with van der Waals surface area (Å²) in [5.41, 5.74) is 6.90. The van der Waals surface area contributed by atoms with E-state index in [1.165, 1.54) is 5.56 Å². The highest BCUT2D eigenvalue weighted by Crippen LogP contribution is 2.23. The van der Waals surface area contributed by atoms with E-state index in [1.54, 1.807) is 17.4 Å². The van der Waals surface area contributed by atoms with Gasteiger partial charge in [0, 0.05) is 19.7 Å². The van der Waals surface area contributed by atoms with Gasteiger partial charge in [-0.1, -0.05) is 0 Å². The predicted octanol–water partition coefficient (Wildman–Crippen LogP) is 3.28. The van der Waals surface area contributed by atoms with Crippen LogP contribution in [-0.4, -0.2) is 17.0 Å². The van der Waals surface area contributed by atoms with Gasteiger partial charge >= 0.3 is 0 Å². The van der Waals surface area contributed by atoms with Crippen molar-refractivity contribution in [3.63, 3.8) is 0 Å². The third-order valence-electron chi connectivity index (χ3n) is 2.09. The van der Waals surface area contributed by atoms with Crippen molar-refractivity contribution in [2.75, 3.05) is 17.7 Å². The Bertz CT molecular complexity index is 509. The van der Waals surface area contributed by atoms with Crippen LogP contribution in [0.2, 0.25) is 0 Å². The molecule has 0 bridgehead atoms. The average Bonchev–Trinajstić information content (AvgIpc) is 2.62. The minimum absolute atomic E-state index is 0.459. The highest BCUT2D eigenvalue weighted by molar-refractivity contribution is 9.11. The summed E-state index contributed by atoms with van der Waals surface area (Å²) in [6, 6.07) is 3.76. The topological polar surface area (TPSA) is 55.0 Å². The van der Waals surface area contributed by atoms with Gasteiger partial charge in [-0.25, -0.2) is 4.98 Å². The van der Waals surface area contributed by atoms with Crippen LogP contribution in [0, 0.1) is 0 Å². The standard InChI is InChI=1S/C10H10Br2N4S/c1-16(4-6-2-8(12)17-5-6)10-14-7(11)3-9(13)15-10/h2-3,5H,4H2,1H3,(H2,13,14,15). The molecule has 2 heterocycles. The van der Waals surface area contributed by atoms with Gasteiger partial charge in [0.2, 0.25) is 5.95 Å². The molecule has 0 aromatic carbocycles. The van der Waals surface area contributed by atoms with Crippen LogP contribution < -0.4 is 10.6 Å². The third kappa shape index (κ3) is 3.40. The number of aromatic nitrogens is 2. The highest BCUT2D eigenvalue weighted by atomic mass is 79.9. The molecular weight excluding hydrogens is 368 g/mol. The molecule has 0 aliphatic carbocycles. The molecule has 90 valence electrons. The Morgan fingerprint density at radius 3 is 2.71 bits per heavy atom. The Morgan fingerprint density at radius 1 is 1.35 bits per heavy atom. The smallest absolute Gasteiger partial charge is 0.228 e. The minimum atomic E-state index is 0.459. The van der Waals surface area contributed by atoms with E-state index in [4.69, 9.17) is 5.73 Å². The summed E-state index contributed by atoms with van der Waals surface area (Å²) in [4.78, 5) is 10.4. The van der Waals surface area contributed by atoms with Gasteiger partial charge in [-0.3, -0.25) is 0 Å². The highest BCUT2D eigenvalue weighted by Gasteiger charge is 2.08. The SMILES string of the molecule is CN(Cc1csc(Br)c1)c1nc(N)cc(Br)n1. The molecule has 4 nitrogen and oxygen atoms in total. The van der Waals surface area contributed by atoms with Crippen molar-refractivity contribution >= 4 is 55.0 Å². The summed E-state index contributed by atoms with van der Waals surface area (Å²) in [5, 5.41) is 2.10. The van der Waals surface area contributed by atoms with Gasteiger partial charge in [0.1, 0.15) is 10.4 Å².